The summed E-state index contributed by atoms with van der Waals surface area (Å²) in [6.07, 6.45) is 3.64. The van der Waals surface area contributed by atoms with Gasteiger partial charge in [0.15, 0.2) is 0 Å². The fourth-order valence-electron chi connectivity index (χ4n) is 2.42. The quantitative estimate of drug-likeness (QED) is 0.873. The van der Waals surface area contributed by atoms with E-state index in [-0.39, 0.29) is 5.41 Å². The molecule has 0 aliphatic carbocycles. The molecular weight excluding hydrogens is 246 g/mol. The summed E-state index contributed by atoms with van der Waals surface area (Å²) in [7, 11) is 0. The van der Waals surface area contributed by atoms with Crippen LogP contribution in [0.2, 0.25) is 0 Å². The molecule has 0 spiro atoms. The minimum Gasteiger partial charge on any atom is -0.396 e. The molecule has 1 unspecified atom stereocenters. The largest absolute Gasteiger partial charge is 0.396 e. The molecule has 0 saturated heterocycles. The van der Waals surface area contributed by atoms with Crippen LogP contribution < -0.4 is 11.1 Å². The maximum absolute atomic E-state index is 6.13. The van der Waals surface area contributed by atoms with E-state index in [9.17, 15) is 0 Å². The van der Waals surface area contributed by atoms with Crippen LogP contribution in [0.3, 0.4) is 0 Å². The fraction of sp³-hybridized carbons (Fsp3) is 0.412. The van der Waals surface area contributed by atoms with Gasteiger partial charge in [-0.3, -0.25) is 4.98 Å². The van der Waals surface area contributed by atoms with Gasteiger partial charge in [-0.1, -0.05) is 52.3 Å². The van der Waals surface area contributed by atoms with E-state index in [1.807, 2.05) is 18.2 Å². The van der Waals surface area contributed by atoms with E-state index < -0.39 is 0 Å². The molecular formula is C17H24N3. The molecule has 0 aliphatic heterocycles. The zero-order valence-electron chi connectivity index (χ0n) is 12.6. The normalized spacial score (nSPS) is 13.4. The lowest BCUT2D eigenvalue weighted by atomic mass is 9.84. The highest BCUT2D eigenvalue weighted by Gasteiger charge is 2.24. The second kappa shape index (κ2) is 5.70. The third-order valence-corrected chi connectivity index (χ3v) is 3.66. The summed E-state index contributed by atoms with van der Waals surface area (Å²) >= 11 is 0. The lowest BCUT2D eigenvalue weighted by Gasteiger charge is -2.33. The highest BCUT2D eigenvalue weighted by Crippen LogP contribution is 2.33. The van der Waals surface area contributed by atoms with Crippen LogP contribution in [0.15, 0.2) is 30.5 Å². The van der Waals surface area contributed by atoms with E-state index in [2.05, 4.69) is 44.1 Å². The van der Waals surface area contributed by atoms with Crippen LogP contribution in [0.5, 0.6) is 0 Å². The summed E-state index contributed by atoms with van der Waals surface area (Å²) in [4.78, 5) is 4.38. The minimum atomic E-state index is 0.147. The first-order valence-electron chi connectivity index (χ1n) is 7.12. The minimum absolute atomic E-state index is 0.147. The Labute approximate surface area is 121 Å². The van der Waals surface area contributed by atoms with Crippen molar-refractivity contribution in [3.63, 3.8) is 0 Å². The lowest BCUT2D eigenvalue weighted by Crippen LogP contribution is -2.34. The Morgan fingerprint density at radius 1 is 1.30 bits per heavy atom. The van der Waals surface area contributed by atoms with E-state index in [4.69, 9.17) is 5.73 Å². The molecule has 3 nitrogen and oxygen atoms in total. The summed E-state index contributed by atoms with van der Waals surface area (Å²) in [6.45, 7) is 10.7. The van der Waals surface area contributed by atoms with Crippen molar-refractivity contribution >= 4 is 22.3 Å². The number of nitrogens with two attached hydrogens (primary N) is 1. The number of hydrogen-bond acceptors (Lipinski definition) is 3. The first-order valence-corrected chi connectivity index (χ1v) is 7.12. The van der Waals surface area contributed by atoms with Crippen LogP contribution in [0.25, 0.3) is 10.9 Å². The lowest BCUT2D eigenvalue weighted by molar-refractivity contribution is 0.327. The van der Waals surface area contributed by atoms with E-state index >= 15 is 0 Å². The van der Waals surface area contributed by atoms with Crippen LogP contribution in [-0.4, -0.2) is 11.0 Å². The molecule has 0 fully saturated rings. The van der Waals surface area contributed by atoms with Crippen molar-refractivity contribution in [2.45, 2.75) is 39.7 Å². The van der Waals surface area contributed by atoms with Gasteiger partial charge in [0.2, 0.25) is 0 Å². The van der Waals surface area contributed by atoms with Crippen molar-refractivity contribution in [3.8, 4) is 0 Å². The Balaban J connectivity index is 2.44. The van der Waals surface area contributed by atoms with Gasteiger partial charge in [0.1, 0.15) is 0 Å². The molecule has 1 atom stereocenters. The van der Waals surface area contributed by atoms with Gasteiger partial charge in [0.05, 0.1) is 23.1 Å². The molecule has 1 aromatic heterocycles. The number of hydrogen-bond donors (Lipinski definition) is 2. The summed E-state index contributed by atoms with van der Waals surface area (Å²) in [5, 5.41) is 4.70. The van der Waals surface area contributed by atoms with Gasteiger partial charge in [-0.2, -0.15) is 0 Å². The number of fused-ring (bicyclic) bond motifs is 1. The number of rotatable bonds is 4. The van der Waals surface area contributed by atoms with Crippen molar-refractivity contribution in [1.82, 2.24) is 4.98 Å². The van der Waals surface area contributed by atoms with Crippen LogP contribution in [0.4, 0.5) is 11.4 Å². The molecule has 1 heterocycles. The molecule has 0 aliphatic rings. The predicted octanol–water partition coefficient (Wildman–Crippen LogP) is 4.26. The highest BCUT2D eigenvalue weighted by molar-refractivity contribution is 5.96. The SMILES string of the molecule is [CH2]CCC(Nc1c(N)cnc2ccccc12)C(C)(C)C. The smallest absolute Gasteiger partial charge is 0.0743 e. The summed E-state index contributed by atoms with van der Waals surface area (Å²) in [5.74, 6) is 0. The maximum Gasteiger partial charge on any atom is 0.0743 e. The summed E-state index contributed by atoms with van der Waals surface area (Å²) < 4.78 is 0. The van der Waals surface area contributed by atoms with Crippen molar-refractivity contribution in [2.24, 2.45) is 5.41 Å². The van der Waals surface area contributed by atoms with Crippen LogP contribution in [0.1, 0.15) is 33.6 Å². The molecule has 0 amide bonds. The molecule has 2 aromatic rings. The molecule has 107 valence electrons. The first-order chi connectivity index (χ1) is 9.43. The third kappa shape index (κ3) is 3.03. The number of nitrogens with zero attached hydrogens (tertiary/aromatic N) is 1. The van der Waals surface area contributed by atoms with Gasteiger partial charge >= 0.3 is 0 Å². The van der Waals surface area contributed by atoms with Crippen LogP contribution in [0, 0.1) is 12.3 Å². The first kappa shape index (κ1) is 14.6. The average molecular weight is 270 g/mol. The maximum atomic E-state index is 6.13. The Morgan fingerprint density at radius 3 is 2.65 bits per heavy atom. The topological polar surface area (TPSA) is 50.9 Å². The van der Waals surface area contributed by atoms with Gasteiger partial charge in [-0.05, 0) is 17.9 Å². The predicted molar refractivity (Wildman–Crippen MR) is 87.6 cm³/mol. The van der Waals surface area contributed by atoms with E-state index in [0.717, 1.165) is 29.4 Å². The number of aromatic nitrogens is 1. The van der Waals surface area contributed by atoms with Gasteiger partial charge in [-0.25, -0.2) is 0 Å². The van der Waals surface area contributed by atoms with E-state index in [0.29, 0.717) is 11.7 Å². The van der Waals surface area contributed by atoms with Gasteiger partial charge in [0, 0.05) is 11.4 Å². The van der Waals surface area contributed by atoms with Gasteiger partial charge in [-0.15, -0.1) is 0 Å². The molecule has 1 radical (unpaired) electrons. The Bertz CT molecular complexity index is 584. The summed E-state index contributed by atoms with van der Waals surface area (Å²) in [5.41, 5.74) is 8.93. The summed E-state index contributed by atoms with van der Waals surface area (Å²) in [6, 6.07) is 8.40. The van der Waals surface area contributed by atoms with Crippen LogP contribution in [-0.2, 0) is 0 Å². The number of para-hydroxylation sites is 1. The zero-order valence-corrected chi connectivity index (χ0v) is 12.6. The van der Waals surface area contributed by atoms with Crippen molar-refractivity contribution in [2.75, 3.05) is 11.1 Å². The number of nitrogen functional groups attached to an aromatic ring is 1. The van der Waals surface area contributed by atoms with Crippen LogP contribution >= 0.6 is 0 Å². The number of nitrogens with one attached hydrogen (secondary N) is 1. The van der Waals surface area contributed by atoms with Crippen molar-refractivity contribution in [1.29, 1.82) is 0 Å². The highest BCUT2D eigenvalue weighted by atomic mass is 15.0. The standard InChI is InChI=1S/C17H24N3/c1-5-8-15(17(2,3)4)20-16-12-9-6-7-10-14(12)19-11-13(16)18/h6-7,9-11,15H,1,5,8,18H2,2-4H3,(H,19,20). The number of benzene rings is 1. The van der Waals surface area contributed by atoms with Gasteiger partial charge < -0.3 is 11.1 Å². The molecule has 0 bridgehead atoms. The zero-order chi connectivity index (χ0) is 14.8. The Hall–Kier alpha value is -1.77. The molecule has 3 heteroatoms. The average Bonchev–Trinajstić information content (AvgIpc) is 2.40. The third-order valence-electron chi connectivity index (χ3n) is 3.66. The van der Waals surface area contributed by atoms with E-state index in [1.165, 1.54) is 0 Å². The molecule has 2 rings (SSSR count). The molecule has 3 N–H and O–H groups in total. The van der Waals surface area contributed by atoms with Gasteiger partial charge in [0.25, 0.3) is 0 Å². The Kier molecular flexibility index (Phi) is 4.17. The van der Waals surface area contributed by atoms with E-state index in [1.54, 1.807) is 6.20 Å². The second-order valence-corrected chi connectivity index (χ2v) is 6.31. The second-order valence-electron chi connectivity index (χ2n) is 6.31. The Morgan fingerprint density at radius 2 is 2.00 bits per heavy atom. The fourth-order valence-corrected chi connectivity index (χ4v) is 2.42. The van der Waals surface area contributed by atoms with Crippen molar-refractivity contribution in [3.05, 3.63) is 37.4 Å². The monoisotopic (exact) mass is 270 g/mol. The van der Waals surface area contributed by atoms with Crippen molar-refractivity contribution < 1.29 is 0 Å². The number of pyridine rings is 1. The molecule has 0 saturated carbocycles. The number of anilines is 2. The molecule has 20 heavy (non-hydrogen) atoms. The molecule has 1 aromatic carbocycles.